The van der Waals surface area contributed by atoms with E-state index in [0.717, 1.165) is 0 Å². The zero-order valence-corrected chi connectivity index (χ0v) is 9.51. The van der Waals surface area contributed by atoms with Crippen LogP contribution in [0.15, 0.2) is 0 Å². The molecule has 78 valence electrons. The van der Waals surface area contributed by atoms with E-state index in [2.05, 4.69) is 5.32 Å². The van der Waals surface area contributed by atoms with Crippen molar-refractivity contribution in [3.05, 3.63) is 0 Å². The number of carbonyl (C=O) groups excluding carboxylic acids is 1. The van der Waals surface area contributed by atoms with Gasteiger partial charge in [0, 0.05) is 6.54 Å². The maximum atomic E-state index is 10.9. The first-order valence-electron chi connectivity index (χ1n) is 3.22. The van der Waals surface area contributed by atoms with Crippen LogP contribution in [-0.2, 0) is 15.9 Å². The van der Waals surface area contributed by atoms with E-state index in [4.69, 9.17) is 39.4 Å². The fourth-order valence-electron chi connectivity index (χ4n) is 0.522. The molecule has 0 aromatic carbocycles. The average molecular weight is 269 g/mol. The summed E-state index contributed by atoms with van der Waals surface area (Å²) in [6, 6.07) is 0. The summed E-state index contributed by atoms with van der Waals surface area (Å²) in [4.78, 5) is 10.9. The molecule has 0 rings (SSSR count). The Morgan fingerprint density at radius 3 is 2.38 bits per heavy atom. The van der Waals surface area contributed by atoms with Crippen molar-refractivity contribution in [2.45, 2.75) is 10.2 Å². The summed E-state index contributed by atoms with van der Waals surface area (Å²) in [6.45, 7) is 0.0860. The van der Waals surface area contributed by atoms with Crippen molar-refractivity contribution in [2.24, 2.45) is 0 Å². The van der Waals surface area contributed by atoms with Crippen molar-refractivity contribution in [1.29, 1.82) is 0 Å². The Hall–Kier alpha value is 0.450. The molecule has 1 atom stereocenters. The molecule has 1 unspecified atom stereocenters. The summed E-state index contributed by atoms with van der Waals surface area (Å²) < 4.78 is 16.9. The highest BCUT2D eigenvalue weighted by molar-refractivity contribution is 7.79. The van der Waals surface area contributed by atoms with Gasteiger partial charge in [-0.3, -0.25) is 4.79 Å². The third kappa shape index (κ3) is 10.4. The highest BCUT2D eigenvalue weighted by Gasteiger charge is 2.23. The molecule has 0 aliphatic heterocycles. The van der Waals surface area contributed by atoms with Gasteiger partial charge in [-0.25, -0.2) is 4.21 Å². The van der Waals surface area contributed by atoms with Crippen LogP contribution in [0.1, 0.15) is 6.42 Å². The van der Waals surface area contributed by atoms with Crippen molar-refractivity contribution in [3.8, 4) is 0 Å². The van der Waals surface area contributed by atoms with Crippen LogP contribution >= 0.6 is 34.8 Å². The second-order valence-corrected chi connectivity index (χ2v) is 5.73. The van der Waals surface area contributed by atoms with Crippen LogP contribution in [0.5, 0.6) is 0 Å². The Bertz CT molecular complexity index is 206. The Balaban J connectivity index is 3.59. The summed E-state index contributed by atoms with van der Waals surface area (Å²) in [5.74, 6) is -0.503. The lowest BCUT2D eigenvalue weighted by Crippen LogP contribution is -2.30. The van der Waals surface area contributed by atoms with Gasteiger partial charge >= 0.3 is 0 Å². The molecule has 4 nitrogen and oxygen atoms in total. The molecule has 0 aliphatic carbocycles. The van der Waals surface area contributed by atoms with Gasteiger partial charge in [-0.2, -0.15) is 0 Å². The minimum atomic E-state index is -1.92. The largest absolute Gasteiger partial charge is 0.355 e. The van der Waals surface area contributed by atoms with Gasteiger partial charge in [-0.15, -0.1) is 0 Å². The van der Waals surface area contributed by atoms with E-state index in [0.29, 0.717) is 0 Å². The van der Waals surface area contributed by atoms with Crippen LogP contribution in [0.2, 0.25) is 0 Å². The zero-order chi connectivity index (χ0) is 10.5. The summed E-state index contributed by atoms with van der Waals surface area (Å²) in [5, 5.41) is 2.33. The lowest BCUT2D eigenvalue weighted by Gasteiger charge is -2.09. The van der Waals surface area contributed by atoms with Gasteiger partial charge in [0.1, 0.15) is 0 Å². The predicted octanol–water partition coefficient (Wildman–Crippen LogP) is 1.08. The normalized spacial score (nSPS) is 13.8. The Morgan fingerprint density at radius 1 is 1.46 bits per heavy atom. The zero-order valence-electron chi connectivity index (χ0n) is 6.43. The van der Waals surface area contributed by atoms with Crippen molar-refractivity contribution in [3.63, 3.8) is 0 Å². The number of alkyl halides is 3. The maximum absolute atomic E-state index is 10.9. The highest BCUT2D eigenvalue weighted by Crippen LogP contribution is 2.29. The van der Waals surface area contributed by atoms with Crippen LogP contribution in [-0.4, -0.2) is 30.8 Å². The van der Waals surface area contributed by atoms with E-state index >= 15 is 0 Å². The number of amides is 1. The molecule has 2 N–H and O–H groups in total. The van der Waals surface area contributed by atoms with Gasteiger partial charge in [0.05, 0.1) is 12.2 Å². The summed E-state index contributed by atoms with van der Waals surface area (Å²) in [7, 11) is 0. The quantitative estimate of drug-likeness (QED) is 0.592. The van der Waals surface area contributed by atoms with E-state index in [1.807, 2.05) is 0 Å². The van der Waals surface area contributed by atoms with Crippen molar-refractivity contribution in [2.75, 3.05) is 12.3 Å². The molecule has 0 spiro atoms. The van der Waals surface area contributed by atoms with Crippen LogP contribution in [0.25, 0.3) is 0 Å². The predicted molar refractivity (Wildman–Crippen MR) is 53.6 cm³/mol. The molecule has 13 heavy (non-hydrogen) atoms. The van der Waals surface area contributed by atoms with E-state index in [9.17, 15) is 9.00 Å². The SMILES string of the molecule is O=C(CC(Cl)(Cl)Cl)NCCS(=O)O. The molecule has 0 saturated carbocycles. The van der Waals surface area contributed by atoms with E-state index in [1.165, 1.54) is 0 Å². The first-order chi connectivity index (χ1) is 5.81. The monoisotopic (exact) mass is 267 g/mol. The fourth-order valence-corrected chi connectivity index (χ4v) is 1.16. The standard InChI is InChI=1S/C5H8Cl3NO3S/c6-5(7,8)3-4(10)9-1-2-13(11)12/h1-3H2,(H,9,10)(H,11,12). The number of nitrogens with one attached hydrogen (secondary N) is 1. The number of carbonyl (C=O) groups is 1. The molecule has 0 bridgehead atoms. The number of hydrogen-bond donors (Lipinski definition) is 2. The third-order valence-electron chi connectivity index (χ3n) is 0.960. The summed E-state index contributed by atoms with van der Waals surface area (Å²) >= 11 is 14.1. The Morgan fingerprint density at radius 2 is 2.00 bits per heavy atom. The van der Waals surface area contributed by atoms with Crippen molar-refractivity contribution in [1.82, 2.24) is 5.32 Å². The number of rotatable bonds is 4. The molecule has 0 heterocycles. The lowest BCUT2D eigenvalue weighted by atomic mass is 10.4. The van der Waals surface area contributed by atoms with Gasteiger partial charge in [-0.05, 0) is 0 Å². The van der Waals surface area contributed by atoms with Crippen LogP contribution in [0, 0.1) is 0 Å². The minimum absolute atomic E-state index is 0.0361. The maximum Gasteiger partial charge on any atom is 0.224 e. The highest BCUT2D eigenvalue weighted by atomic mass is 35.6. The molecule has 1 amide bonds. The van der Waals surface area contributed by atoms with Gasteiger partial charge in [0.15, 0.2) is 14.9 Å². The van der Waals surface area contributed by atoms with Gasteiger partial charge in [0.2, 0.25) is 5.91 Å². The Kier molecular flexibility index (Phi) is 6.24. The third-order valence-corrected chi connectivity index (χ3v) is 1.91. The van der Waals surface area contributed by atoms with Gasteiger partial charge in [-0.1, -0.05) is 34.8 Å². The van der Waals surface area contributed by atoms with Crippen LogP contribution in [0.3, 0.4) is 0 Å². The number of hydrogen-bond acceptors (Lipinski definition) is 2. The van der Waals surface area contributed by atoms with Crippen molar-refractivity contribution < 1.29 is 13.6 Å². The molecule has 0 fully saturated rings. The smallest absolute Gasteiger partial charge is 0.224 e. The topological polar surface area (TPSA) is 66.4 Å². The van der Waals surface area contributed by atoms with E-state index in [1.54, 1.807) is 0 Å². The van der Waals surface area contributed by atoms with Gasteiger partial charge in [0.25, 0.3) is 0 Å². The van der Waals surface area contributed by atoms with Gasteiger partial charge < -0.3 is 9.87 Å². The summed E-state index contributed by atoms with van der Waals surface area (Å²) in [5.41, 5.74) is 0. The van der Waals surface area contributed by atoms with E-state index in [-0.39, 0.29) is 18.7 Å². The molecule has 0 radical (unpaired) electrons. The lowest BCUT2D eigenvalue weighted by molar-refractivity contribution is -0.120. The fraction of sp³-hybridized carbons (Fsp3) is 0.800. The molecular weight excluding hydrogens is 260 g/mol. The van der Waals surface area contributed by atoms with E-state index < -0.39 is 20.8 Å². The summed E-state index contributed by atoms with van der Waals surface area (Å²) in [6.07, 6.45) is -0.268. The molecule has 0 saturated heterocycles. The minimum Gasteiger partial charge on any atom is -0.355 e. The molecule has 8 heteroatoms. The molecule has 0 aromatic rings. The van der Waals surface area contributed by atoms with Crippen molar-refractivity contribution >= 4 is 51.8 Å². The molecule has 0 aliphatic rings. The average Bonchev–Trinajstić information content (AvgIpc) is 1.81. The second kappa shape index (κ2) is 6.03. The molecule has 0 aromatic heterocycles. The second-order valence-electron chi connectivity index (χ2n) is 2.17. The molecular formula is C5H8Cl3NO3S. The van der Waals surface area contributed by atoms with Crippen LogP contribution in [0.4, 0.5) is 0 Å². The first-order valence-corrected chi connectivity index (χ1v) is 5.63. The van der Waals surface area contributed by atoms with Crippen LogP contribution < -0.4 is 5.32 Å². The number of halogens is 3. The first kappa shape index (κ1) is 13.4. The Labute approximate surface area is 93.2 Å².